The summed E-state index contributed by atoms with van der Waals surface area (Å²) in [5, 5.41) is 0. The number of amides is 1. The van der Waals surface area contributed by atoms with Crippen molar-refractivity contribution in [3.05, 3.63) is 22.6 Å². The van der Waals surface area contributed by atoms with Crippen LogP contribution in [0, 0.1) is 5.92 Å². The van der Waals surface area contributed by atoms with E-state index >= 15 is 0 Å². The Labute approximate surface area is 109 Å². The van der Waals surface area contributed by atoms with Gasteiger partial charge in [-0.3, -0.25) is 4.79 Å². The first-order valence-electron chi connectivity index (χ1n) is 5.73. The molecule has 1 aliphatic heterocycles. The number of rotatable bonds is 3. The van der Waals surface area contributed by atoms with Crippen molar-refractivity contribution in [3.8, 4) is 0 Å². The third-order valence-electron chi connectivity index (χ3n) is 3.06. The van der Waals surface area contributed by atoms with Crippen LogP contribution in [0.25, 0.3) is 0 Å². The highest BCUT2D eigenvalue weighted by Gasteiger charge is 2.26. The maximum atomic E-state index is 12.2. The Morgan fingerprint density at radius 2 is 2.53 bits per heavy atom. The van der Waals surface area contributed by atoms with Crippen molar-refractivity contribution in [2.24, 2.45) is 5.92 Å². The molecule has 1 saturated heterocycles. The largest absolute Gasteiger partial charge is 0.457 e. The first-order chi connectivity index (χ1) is 8.22. The van der Waals surface area contributed by atoms with Gasteiger partial charge in [-0.25, -0.2) is 0 Å². The third-order valence-corrected chi connectivity index (χ3v) is 3.67. The van der Waals surface area contributed by atoms with Crippen LogP contribution in [0.15, 0.2) is 21.4 Å². The molecule has 1 amide bonds. The summed E-state index contributed by atoms with van der Waals surface area (Å²) in [5.41, 5.74) is 0.600. The van der Waals surface area contributed by atoms with E-state index < -0.39 is 0 Å². The van der Waals surface area contributed by atoms with Crippen molar-refractivity contribution < 1.29 is 13.9 Å². The summed E-state index contributed by atoms with van der Waals surface area (Å²) >= 11 is 3.24. The molecule has 1 aromatic rings. The van der Waals surface area contributed by atoms with Crippen molar-refractivity contribution >= 4 is 21.8 Å². The molecule has 1 atom stereocenters. The van der Waals surface area contributed by atoms with E-state index in [-0.39, 0.29) is 5.91 Å². The van der Waals surface area contributed by atoms with Crippen LogP contribution in [0.1, 0.15) is 23.2 Å². The van der Waals surface area contributed by atoms with Gasteiger partial charge in [-0.2, -0.15) is 0 Å². The van der Waals surface area contributed by atoms with E-state index in [1.807, 2.05) is 4.90 Å². The highest BCUT2D eigenvalue weighted by molar-refractivity contribution is 9.10. The maximum Gasteiger partial charge on any atom is 0.258 e. The molecule has 94 valence electrons. The van der Waals surface area contributed by atoms with Gasteiger partial charge in [0.25, 0.3) is 5.91 Å². The zero-order valence-electron chi connectivity index (χ0n) is 9.82. The van der Waals surface area contributed by atoms with E-state index in [9.17, 15) is 4.79 Å². The van der Waals surface area contributed by atoms with Crippen LogP contribution >= 0.6 is 15.9 Å². The zero-order valence-corrected chi connectivity index (χ0v) is 11.4. The molecule has 0 bridgehead atoms. The minimum Gasteiger partial charge on any atom is -0.457 e. The summed E-state index contributed by atoms with van der Waals surface area (Å²) in [6.45, 7) is 2.30. The summed E-state index contributed by atoms with van der Waals surface area (Å²) in [6, 6.07) is 1.70. The van der Waals surface area contributed by atoms with Gasteiger partial charge >= 0.3 is 0 Å². The lowest BCUT2D eigenvalue weighted by Crippen LogP contribution is -2.41. The third kappa shape index (κ3) is 2.90. The fourth-order valence-electron chi connectivity index (χ4n) is 2.24. The van der Waals surface area contributed by atoms with Crippen LogP contribution in [-0.4, -0.2) is 37.6 Å². The minimum absolute atomic E-state index is 0.0337. The van der Waals surface area contributed by atoms with Crippen molar-refractivity contribution in [1.82, 2.24) is 4.90 Å². The molecule has 5 heteroatoms. The number of hydrogen-bond acceptors (Lipinski definition) is 3. The highest BCUT2D eigenvalue weighted by Crippen LogP contribution is 2.23. The average Bonchev–Trinajstić information content (AvgIpc) is 2.75. The second-order valence-corrected chi connectivity index (χ2v) is 5.04. The van der Waals surface area contributed by atoms with Gasteiger partial charge in [0, 0.05) is 20.2 Å². The lowest BCUT2D eigenvalue weighted by Gasteiger charge is -2.32. The summed E-state index contributed by atoms with van der Waals surface area (Å²) < 4.78 is 10.8. The molecule has 0 N–H and O–H groups in total. The summed E-state index contributed by atoms with van der Waals surface area (Å²) in [7, 11) is 1.70. The number of methoxy groups -OCH3 is 1. The van der Waals surface area contributed by atoms with Crippen LogP contribution < -0.4 is 0 Å². The Morgan fingerprint density at radius 1 is 1.71 bits per heavy atom. The fraction of sp³-hybridized carbons (Fsp3) is 0.583. The van der Waals surface area contributed by atoms with Crippen LogP contribution in [-0.2, 0) is 4.74 Å². The molecule has 17 heavy (non-hydrogen) atoms. The number of halogens is 1. The molecule has 0 saturated carbocycles. The van der Waals surface area contributed by atoms with Crippen molar-refractivity contribution in [3.63, 3.8) is 0 Å². The Bertz CT molecular complexity index is 389. The van der Waals surface area contributed by atoms with Gasteiger partial charge in [0.05, 0.1) is 18.4 Å². The molecule has 0 spiro atoms. The van der Waals surface area contributed by atoms with Crippen molar-refractivity contribution in [1.29, 1.82) is 0 Å². The van der Waals surface area contributed by atoms with Gasteiger partial charge in [0.1, 0.15) is 0 Å². The average molecular weight is 302 g/mol. The normalized spacial score (nSPS) is 20.6. The molecule has 1 aromatic heterocycles. The van der Waals surface area contributed by atoms with Crippen LogP contribution in [0.5, 0.6) is 0 Å². The Morgan fingerprint density at radius 3 is 3.18 bits per heavy atom. The highest BCUT2D eigenvalue weighted by atomic mass is 79.9. The summed E-state index contributed by atoms with van der Waals surface area (Å²) in [6.07, 6.45) is 3.69. The Balaban J connectivity index is 2.02. The second-order valence-electron chi connectivity index (χ2n) is 4.32. The number of furan rings is 1. The van der Waals surface area contributed by atoms with Gasteiger partial charge in [-0.15, -0.1) is 0 Å². The van der Waals surface area contributed by atoms with E-state index in [1.54, 1.807) is 13.2 Å². The predicted octanol–water partition coefficient (Wildman–Crippen LogP) is 2.54. The standard InChI is InChI=1S/C12H16BrNO3/c1-16-8-9-3-2-5-14(7-9)12(15)10-4-6-17-11(10)13/h4,6,9H,2-3,5,7-8H2,1H3. The maximum absolute atomic E-state index is 12.2. The number of carbonyl (C=O) groups excluding carboxylic acids is 1. The summed E-state index contributed by atoms with van der Waals surface area (Å²) in [5.74, 6) is 0.481. The van der Waals surface area contributed by atoms with E-state index in [4.69, 9.17) is 9.15 Å². The minimum atomic E-state index is 0.0337. The van der Waals surface area contributed by atoms with E-state index in [0.717, 1.165) is 32.5 Å². The van der Waals surface area contributed by atoms with E-state index in [0.29, 0.717) is 16.2 Å². The molecule has 1 unspecified atom stereocenters. The number of ether oxygens (including phenoxy) is 1. The quantitative estimate of drug-likeness (QED) is 0.861. The zero-order chi connectivity index (χ0) is 12.3. The molecular weight excluding hydrogens is 286 g/mol. The van der Waals surface area contributed by atoms with Crippen molar-refractivity contribution in [2.75, 3.05) is 26.8 Å². The van der Waals surface area contributed by atoms with E-state index in [1.165, 1.54) is 6.26 Å². The molecule has 2 heterocycles. The SMILES string of the molecule is COCC1CCCN(C(=O)c2ccoc2Br)C1. The van der Waals surface area contributed by atoms with Gasteiger partial charge in [0.2, 0.25) is 0 Å². The number of likely N-dealkylation sites (tertiary alicyclic amines) is 1. The van der Waals surface area contributed by atoms with Gasteiger partial charge in [0.15, 0.2) is 4.67 Å². The molecule has 4 nitrogen and oxygen atoms in total. The topological polar surface area (TPSA) is 42.7 Å². The lowest BCUT2D eigenvalue weighted by atomic mass is 9.98. The molecule has 0 radical (unpaired) electrons. The number of carbonyl (C=O) groups is 1. The van der Waals surface area contributed by atoms with Crippen LogP contribution in [0.3, 0.4) is 0 Å². The Hall–Kier alpha value is -0.810. The van der Waals surface area contributed by atoms with Gasteiger partial charge < -0.3 is 14.1 Å². The smallest absolute Gasteiger partial charge is 0.258 e. The first-order valence-corrected chi connectivity index (χ1v) is 6.53. The van der Waals surface area contributed by atoms with Gasteiger partial charge in [-0.05, 0) is 40.8 Å². The first kappa shape index (κ1) is 12.6. The number of hydrogen-bond donors (Lipinski definition) is 0. The second kappa shape index (κ2) is 5.69. The van der Waals surface area contributed by atoms with Crippen molar-refractivity contribution in [2.45, 2.75) is 12.8 Å². The Kier molecular flexibility index (Phi) is 4.23. The van der Waals surface area contributed by atoms with Crippen LogP contribution in [0.4, 0.5) is 0 Å². The molecule has 0 aliphatic carbocycles. The molecule has 1 fully saturated rings. The fourth-order valence-corrected chi connectivity index (χ4v) is 2.65. The monoisotopic (exact) mass is 301 g/mol. The van der Waals surface area contributed by atoms with Gasteiger partial charge in [-0.1, -0.05) is 0 Å². The molecular formula is C12H16BrNO3. The number of nitrogens with zero attached hydrogens (tertiary/aromatic N) is 1. The molecule has 0 aromatic carbocycles. The summed E-state index contributed by atoms with van der Waals surface area (Å²) in [4.78, 5) is 14.1. The molecule has 2 rings (SSSR count). The van der Waals surface area contributed by atoms with E-state index in [2.05, 4.69) is 15.9 Å². The number of piperidine rings is 1. The predicted molar refractivity (Wildman–Crippen MR) is 66.9 cm³/mol. The van der Waals surface area contributed by atoms with Crippen LogP contribution in [0.2, 0.25) is 0 Å². The lowest BCUT2D eigenvalue weighted by molar-refractivity contribution is 0.0569. The molecule has 1 aliphatic rings.